The Balaban J connectivity index is 1.66. The smallest absolute Gasteiger partial charge is 0.339 e. The van der Waals surface area contributed by atoms with Gasteiger partial charge in [0.05, 0.1) is 11.1 Å². The van der Waals surface area contributed by atoms with Crippen LogP contribution in [0.5, 0.6) is 0 Å². The summed E-state index contributed by atoms with van der Waals surface area (Å²) in [5, 5.41) is 10.0. The summed E-state index contributed by atoms with van der Waals surface area (Å²) in [6.07, 6.45) is -3.25. The van der Waals surface area contributed by atoms with Gasteiger partial charge in [0.1, 0.15) is 5.44 Å². The van der Waals surface area contributed by atoms with Crippen molar-refractivity contribution < 1.29 is 28.6 Å². The highest BCUT2D eigenvalue weighted by Crippen LogP contribution is 2.38. The first-order valence-corrected chi connectivity index (χ1v) is 8.92. The summed E-state index contributed by atoms with van der Waals surface area (Å²) in [7, 11) is 0. The molecule has 0 saturated carbocycles. The SMILES string of the molecule is Cc1ccccc1C(=O)O[C@@H]1SC(O)[C@H](OC(=O)c2ccccc2)[C@@H]1F. The van der Waals surface area contributed by atoms with E-state index in [-0.39, 0.29) is 5.56 Å². The number of benzene rings is 2. The van der Waals surface area contributed by atoms with Crippen LogP contribution in [0, 0.1) is 6.92 Å². The van der Waals surface area contributed by atoms with E-state index in [0.29, 0.717) is 22.9 Å². The number of thioether (sulfide) groups is 1. The molecule has 136 valence electrons. The van der Waals surface area contributed by atoms with E-state index in [0.717, 1.165) is 0 Å². The van der Waals surface area contributed by atoms with Crippen molar-refractivity contribution in [3.8, 4) is 0 Å². The average molecular weight is 376 g/mol. The Morgan fingerprint density at radius 1 is 1.00 bits per heavy atom. The van der Waals surface area contributed by atoms with Gasteiger partial charge in [0, 0.05) is 0 Å². The summed E-state index contributed by atoms with van der Waals surface area (Å²) in [5.41, 5.74) is -1.32. The zero-order chi connectivity index (χ0) is 18.7. The Kier molecular flexibility index (Phi) is 5.58. The van der Waals surface area contributed by atoms with Gasteiger partial charge in [-0.2, -0.15) is 0 Å². The number of ether oxygens (including phenoxy) is 2. The van der Waals surface area contributed by atoms with Crippen LogP contribution in [0.4, 0.5) is 4.39 Å². The minimum absolute atomic E-state index is 0.247. The number of carbonyl (C=O) groups is 2. The Morgan fingerprint density at radius 2 is 1.65 bits per heavy atom. The number of esters is 2. The molecule has 1 aliphatic heterocycles. The van der Waals surface area contributed by atoms with Gasteiger partial charge in [0.2, 0.25) is 0 Å². The van der Waals surface area contributed by atoms with Crippen LogP contribution in [-0.4, -0.2) is 40.2 Å². The van der Waals surface area contributed by atoms with E-state index in [1.165, 1.54) is 12.1 Å². The lowest BCUT2D eigenvalue weighted by Gasteiger charge is -2.18. The van der Waals surface area contributed by atoms with Gasteiger partial charge in [-0.1, -0.05) is 48.2 Å². The first kappa shape index (κ1) is 18.4. The van der Waals surface area contributed by atoms with Crippen molar-refractivity contribution in [3.63, 3.8) is 0 Å². The molecule has 1 saturated heterocycles. The van der Waals surface area contributed by atoms with Crippen molar-refractivity contribution in [2.24, 2.45) is 0 Å². The fourth-order valence-corrected chi connectivity index (χ4v) is 3.64. The summed E-state index contributed by atoms with van der Waals surface area (Å²) in [5.74, 6) is -1.44. The fourth-order valence-electron chi connectivity index (χ4n) is 2.55. The van der Waals surface area contributed by atoms with E-state index in [9.17, 15) is 19.1 Å². The molecule has 0 spiro atoms. The van der Waals surface area contributed by atoms with Crippen LogP contribution >= 0.6 is 11.8 Å². The van der Waals surface area contributed by atoms with Gasteiger partial charge in [0.25, 0.3) is 0 Å². The molecule has 2 aromatic carbocycles. The second-order valence-electron chi connectivity index (χ2n) is 5.80. The van der Waals surface area contributed by atoms with Crippen LogP contribution < -0.4 is 0 Å². The van der Waals surface area contributed by atoms with Gasteiger partial charge in [-0.15, -0.1) is 0 Å². The van der Waals surface area contributed by atoms with Gasteiger partial charge in [-0.3, -0.25) is 0 Å². The first-order chi connectivity index (χ1) is 12.5. The van der Waals surface area contributed by atoms with E-state index in [1.807, 2.05) is 0 Å². The first-order valence-electron chi connectivity index (χ1n) is 7.97. The van der Waals surface area contributed by atoms with Crippen LogP contribution in [-0.2, 0) is 9.47 Å². The third-order valence-electron chi connectivity index (χ3n) is 3.97. The summed E-state index contributed by atoms with van der Waals surface area (Å²) in [6.45, 7) is 1.74. The molecule has 1 unspecified atom stereocenters. The van der Waals surface area contributed by atoms with Crippen LogP contribution in [0.3, 0.4) is 0 Å². The zero-order valence-corrected chi connectivity index (χ0v) is 14.7. The molecular formula is C19H17FO5S. The highest BCUT2D eigenvalue weighted by Gasteiger charge is 2.49. The Hall–Kier alpha value is -2.38. The highest BCUT2D eigenvalue weighted by atomic mass is 32.2. The summed E-state index contributed by atoms with van der Waals surface area (Å²) in [4.78, 5) is 24.3. The van der Waals surface area contributed by atoms with E-state index in [1.54, 1.807) is 49.4 Å². The van der Waals surface area contributed by atoms with Gasteiger partial charge in [-0.25, -0.2) is 14.0 Å². The van der Waals surface area contributed by atoms with Crippen LogP contribution in [0.2, 0.25) is 0 Å². The van der Waals surface area contributed by atoms with E-state index in [2.05, 4.69) is 0 Å². The molecule has 0 amide bonds. The van der Waals surface area contributed by atoms with Crippen molar-refractivity contribution in [1.29, 1.82) is 0 Å². The number of hydrogen-bond donors (Lipinski definition) is 1. The number of rotatable bonds is 4. The predicted molar refractivity (Wildman–Crippen MR) is 94.5 cm³/mol. The molecule has 0 radical (unpaired) electrons. The molecule has 0 aromatic heterocycles. The standard InChI is InChI=1S/C19H17FO5S/c1-11-7-5-6-10-13(11)17(22)25-19-14(20)15(18(23)26-19)24-16(21)12-8-3-2-4-9-12/h2-10,14-15,18-19,23H,1H3/t14-,15+,18?,19+/m0/s1. The molecule has 1 N–H and O–H groups in total. The van der Waals surface area contributed by atoms with Crippen molar-refractivity contribution >= 4 is 23.7 Å². The lowest BCUT2D eigenvalue weighted by atomic mass is 10.1. The van der Waals surface area contributed by atoms with Crippen molar-refractivity contribution in [2.45, 2.75) is 30.1 Å². The van der Waals surface area contributed by atoms with Gasteiger partial charge in [0.15, 0.2) is 17.7 Å². The minimum Gasteiger partial charge on any atom is -0.452 e. The molecule has 26 heavy (non-hydrogen) atoms. The molecule has 0 bridgehead atoms. The molecule has 5 nitrogen and oxygen atoms in total. The maximum atomic E-state index is 14.6. The van der Waals surface area contributed by atoms with E-state index < -0.39 is 35.1 Å². The number of aryl methyl sites for hydroxylation is 1. The number of halogens is 1. The van der Waals surface area contributed by atoms with Gasteiger partial charge >= 0.3 is 11.9 Å². The molecule has 2 aromatic rings. The van der Waals surface area contributed by atoms with Crippen molar-refractivity contribution in [3.05, 3.63) is 71.3 Å². The second kappa shape index (κ2) is 7.88. The molecule has 4 atom stereocenters. The summed E-state index contributed by atoms with van der Waals surface area (Å²) < 4.78 is 24.9. The number of hydrogen-bond acceptors (Lipinski definition) is 6. The number of carbonyl (C=O) groups excluding carboxylic acids is 2. The third kappa shape index (κ3) is 3.89. The number of aliphatic hydroxyl groups excluding tert-OH is 1. The molecule has 0 aliphatic carbocycles. The van der Waals surface area contributed by atoms with Crippen LogP contribution in [0.1, 0.15) is 26.3 Å². The predicted octanol–water partition coefficient (Wildman–Crippen LogP) is 3.11. The zero-order valence-electron chi connectivity index (χ0n) is 13.9. The second-order valence-corrected chi connectivity index (χ2v) is 7.02. The molecule has 1 fully saturated rings. The maximum Gasteiger partial charge on any atom is 0.339 e. The lowest BCUT2D eigenvalue weighted by molar-refractivity contribution is -0.0350. The van der Waals surface area contributed by atoms with Crippen molar-refractivity contribution in [2.75, 3.05) is 0 Å². The minimum atomic E-state index is -1.84. The van der Waals surface area contributed by atoms with E-state index >= 15 is 0 Å². The number of aliphatic hydroxyl groups is 1. The monoisotopic (exact) mass is 376 g/mol. The van der Waals surface area contributed by atoms with Crippen LogP contribution in [0.15, 0.2) is 54.6 Å². The Labute approximate surface area is 154 Å². The van der Waals surface area contributed by atoms with Crippen molar-refractivity contribution in [1.82, 2.24) is 0 Å². The molecule has 1 aliphatic rings. The lowest BCUT2D eigenvalue weighted by Crippen LogP contribution is -2.35. The average Bonchev–Trinajstić information content (AvgIpc) is 2.90. The number of alkyl halides is 1. The quantitative estimate of drug-likeness (QED) is 0.827. The molecule has 3 rings (SSSR count). The topological polar surface area (TPSA) is 72.8 Å². The maximum absolute atomic E-state index is 14.6. The third-order valence-corrected chi connectivity index (χ3v) is 5.14. The Morgan fingerprint density at radius 3 is 2.35 bits per heavy atom. The fraction of sp³-hybridized carbons (Fsp3) is 0.263. The van der Waals surface area contributed by atoms with Gasteiger partial charge < -0.3 is 14.6 Å². The molecule has 1 heterocycles. The normalized spacial score (nSPS) is 24.9. The van der Waals surface area contributed by atoms with Gasteiger partial charge in [-0.05, 0) is 30.7 Å². The molecule has 7 heteroatoms. The summed E-state index contributed by atoms with van der Waals surface area (Å²) in [6, 6.07) is 14.9. The largest absolute Gasteiger partial charge is 0.452 e. The van der Waals surface area contributed by atoms with Crippen LogP contribution in [0.25, 0.3) is 0 Å². The summed E-state index contributed by atoms with van der Waals surface area (Å²) >= 11 is 0.708. The highest BCUT2D eigenvalue weighted by molar-refractivity contribution is 8.00. The van der Waals surface area contributed by atoms with E-state index in [4.69, 9.17) is 9.47 Å². The Bertz CT molecular complexity index is 798. The molecular weight excluding hydrogens is 359 g/mol.